The van der Waals surface area contributed by atoms with E-state index < -0.39 is 0 Å². The molecule has 1 heterocycles. The second-order valence-corrected chi connectivity index (χ2v) is 6.59. The summed E-state index contributed by atoms with van der Waals surface area (Å²) in [6, 6.07) is -0.352. The summed E-state index contributed by atoms with van der Waals surface area (Å²) in [7, 11) is 0. The van der Waals surface area contributed by atoms with Crippen molar-refractivity contribution >= 4 is 17.7 Å². The zero-order valence-corrected chi connectivity index (χ0v) is 13.2. The second kappa shape index (κ2) is 9.61. The van der Waals surface area contributed by atoms with Crippen molar-refractivity contribution in [3.63, 3.8) is 0 Å². The Hall–Kier alpha value is -0.260. The lowest BCUT2D eigenvalue weighted by molar-refractivity contribution is -0.122. The number of nitrogens with two attached hydrogens (primary N) is 1. The first-order valence-corrected chi connectivity index (χ1v) is 8.77. The smallest absolute Gasteiger partial charge is 0.236 e. The molecule has 1 aliphatic heterocycles. The molecule has 5 heteroatoms. The summed E-state index contributed by atoms with van der Waals surface area (Å²) in [5.74, 6) is 1.44. The van der Waals surface area contributed by atoms with Crippen LogP contribution in [0.4, 0.5) is 0 Å². The quantitative estimate of drug-likeness (QED) is 0.706. The Kier molecular flexibility index (Phi) is 8.50. The molecule has 1 amide bonds. The zero-order valence-electron chi connectivity index (χ0n) is 12.4. The van der Waals surface area contributed by atoms with E-state index in [1.165, 1.54) is 32.4 Å². The van der Waals surface area contributed by atoms with Crippen molar-refractivity contribution in [1.29, 1.82) is 0 Å². The van der Waals surface area contributed by atoms with Crippen molar-refractivity contribution in [3.8, 4) is 0 Å². The normalized spacial score (nSPS) is 19.9. The van der Waals surface area contributed by atoms with Crippen LogP contribution < -0.4 is 11.1 Å². The lowest BCUT2D eigenvalue weighted by Gasteiger charge is -2.29. The van der Waals surface area contributed by atoms with Gasteiger partial charge in [-0.2, -0.15) is 11.8 Å². The van der Waals surface area contributed by atoms with Gasteiger partial charge in [-0.3, -0.25) is 4.79 Å². The van der Waals surface area contributed by atoms with Crippen LogP contribution in [-0.4, -0.2) is 55.0 Å². The molecule has 3 N–H and O–H groups in total. The maximum Gasteiger partial charge on any atom is 0.236 e. The van der Waals surface area contributed by atoms with Gasteiger partial charge in [0.15, 0.2) is 0 Å². The topological polar surface area (TPSA) is 58.4 Å². The number of nitrogens with one attached hydrogen (secondary N) is 1. The van der Waals surface area contributed by atoms with Gasteiger partial charge in [-0.25, -0.2) is 0 Å². The van der Waals surface area contributed by atoms with Crippen LogP contribution in [0, 0.1) is 5.92 Å². The Bertz CT molecular complexity index is 257. The van der Waals surface area contributed by atoms with Crippen LogP contribution in [0.2, 0.25) is 0 Å². The van der Waals surface area contributed by atoms with Crippen LogP contribution in [0.5, 0.6) is 0 Å². The molecule has 1 fully saturated rings. The molecular weight excluding hydrogens is 258 g/mol. The third-order valence-corrected chi connectivity index (χ3v) is 4.26. The molecule has 1 saturated heterocycles. The Morgan fingerprint density at radius 1 is 1.37 bits per heavy atom. The first kappa shape index (κ1) is 16.8. The van der Waals surface area contributed by atoms with Crippen molar-refractivity contribution in [2.75, 3.05) is 38.2 Å². The summed E-state index contributed by atoms with van der Waals surface area (Å²) in [6.45, 7) is 6.45. The summed E-state index contributed by atoms with van der Waals surface area (Å²) in [4.78, 5) is 14.3. The fourth-order valence-electron chi connectivity index (χ4n) is 2.43. The number of rotatable bonds is 8. The van der Waals surface area contributed by atoms with E-state index in [1.54, 1.807) is 11.8 Å². The fraction of sp³-hybridized carbons (Fsp3) is 0.929. The Balaban J connectivity index is 2.14. The summed E-state index contributed by atoms with van der Waals surface area (Å²) < 4.78 is 0. The van der Waals surface area contributed by atoms with Crippen molar-refractivity contribution in [1.82, 2.24) is 10.2 Å². The van der Waals surface area contributed by atoms with Crippen molar-refractivity contribution in [2.45, 2.75) is 38.6 Å². The molecule has 0 spiro atoms. The number of thioether (sulfide) groups is 1. The fourth-order valence-corrected chi connectivity index (χ4v) is 2.92. The number of hydrogen-bond acceptors (Lipinski definition) is 4. The summed E-state index contributed by atoms with van der Waals surface area (Å²) >= 11 is 1.73. The SMILES string of the molecule is CSCC[C@H](N)C(=O)NCC(C)CN1CCCCC1. The molecule has 0 saturated carbocycles. The molecule has 0 aromatic heterocycles. The second-order valence-electron chi connectivity index (χ2n) is 5.60. The minimum Gasteiger partial charge on any atom is -0.354 e. The molecular formula is C14H29N3OS. The van der Waals surface area contributed by atoms with Crippen LogP contribution in [0.3, 0.4) is 0 Å². The molecule has 1 aliphatic rings. The predicted molar refractivity (Wildman–Crippen MR) is 83.4 cm³/mol. The van der Waals surface area contributed by atoms with E-state index in [0.717, 1.165) is 25.3 Å². The van der Waals surface area contributed by atoms with E-state index >= 15 is 0 Å². The van der Waals surface area contributed by atoms with Gasteiger partial charge in [0.2, 0.25) is 5.91 Å². The molecule has 112 valence electrons. The first-order chi connectivity index (χ1) is 9.13. The largest absolute Gasteiger partial charge is 0.354 e. The van der Waals surface area contributed by atoms with Gasteiger partial charge in [0.25, 0.3) is 0 Å². The van der Waals surface area contributed by atoms with Gasteiger partial charge in [0.05, 0.1) is 6.04 Å². The summed E-state index contributed by atoms with van der Waals surface area (Å²) in [6.07, 6.45) is 6.79. The number of likely N-dealkylation sites (tertiary alicyclic amines) is 1. The third kappa shape index (κ3) is 7.18. The maximum absolute atomic E-state index is 11.8. The van der Waals surface area contributed by atoms with E-state index in [-0.39, 0.29) is 11.9 Å². The maximum atomic E-state index is 11.8. The Morgan fingerprint density at radius 2 is 2.05 bits per heavy atom. The van der Waals surface area contributed by atoms with Gasteiger partial charge in [-0.05, 0) is 50.3 Å². The number of piperidine rings is 1. The highest BCUT2D eigenvalue weighted by Gasteiger charge is 2.16. The van der Waals surface area contributed by atoms with Crippen molar-refractivity contribution < 1.29 is 4.79 Å². The molecule has 0 aliphatic carbocycles. The highest BCUT2D eigenvalue weighted by molar-refractivity contribution is 7.98. The molecule has 1 unspecified atom stereocenters. The molecule has 19 heavy (non-hydrogen) atoms. The highest BCUT2D eigenvalue weighted by atomic mass is 32.2. The number of hydrogen-bond donors (Lipinski definition) is 2. The van der Waals surface area contributed by atoms with Gasteiger partial charge in [0, 0.05) is 13.1 Å². The molecule has 1 rings (SSSR count). The molecule has 0 aromatic rings. The monoisotopic (exact) mass is 287 g/mol. The predicted octanol–water partition coefficient (Wildman–Crippen LogP) is 1.31. The van der Waals surface area contributed by atoms with Crippen molar-refractivity contribution in [3.05, 3.63) is 0 Å². The van der Waals surface area contributed by atoms with E-state index in [0.29, 0.717) is 5.92 Å². The van der Waals surface area contributed by atoms with Crippen LogP contribution in [0.15, 0.2) is 0 Å². The van der Waals surface area contributed by atoms with Crippen molar-refractivity contribution in [2.24, 2.45) is 11.7 Å². The average molecular weight is 287 g/mol. The zero-order chi connectivity index (χ0) is 14.1. The van der Waals surface area contributed by atoms with Crippen LogP contribution in [0.1, 0.15) is 32.6 Å². The van der Waals surface area contributed by atoms with Gasteiger partial charge in [-0.1, -0.05) is 13.3 Å². The third-order valence-electron chi connectivity index (χ3n) is 3.61. The van der Waals surface area contributed by atoms with Gasteiger partial charge in [-0.15, -0.1) is 0 Å². The average Bonchev–Trinajstić information content (AvgIpc) is 2.43. The Labute approximate surface area is 121 Å². The minimum absolute atomic E-state index is 0.000422. The highest BCUT2D eigenvalue weighted by Crippen LogP contribution is 2.10. The summed E-state index contributed by atoms with van der Waals surface area (Å²) in [5, 5.41) is 2.98. The molecule has 0 radical (unpaired) electrons. The van der Waals surface area contributed by atoms with Crippen LogP contribution in [-0.2, 0) is 4.79 Å². The number of nitrogens with zero attached hydrogens (tertiary/aromatic N) is 1. The number of carbonyl (C=O) groups is 1. The number of carbonyl (C=O) groups excluding carboxylic acids is 1. The van der Waals surface area contributed by atoms with Gasteiger partial charge < -0.3 is 16.0 Å². The standard InChI is InChI=1S/C14H29N3OS/c1-12(11-17-7-4-3-5-8-17)10-16-14(18)13(15)6-9-19-2/h12-13H,3-11,15H2,1-2H3,(H,16,18)/t12?,13-/m0/s1. The molecule has 0 aromatic carbocycles. The van der Waals surface area contributed by atoms with Gasteiger partial charge in [0.1, 0.15) is 0 Å². The summed E-state index contributed by atoms with van der Waals surface area (Å²) in [5.41, 5.74) is 5.84. The minimum atomic E-state index is -0.352. The van der Waals surface area contributed by atoms with Gasteiger partial charge >= 0.3 is 0 Å². The van der Waals surface area contributed by atoms with E-state index in [9.17, 15) is 4.79 Å². The molecule has 0 bridgehead atoms. The van der Waals surface area contributed by atoms with Crippen LogP contribution >= 0.6 is 11.8 Å². The lowest BCUT2D eigenvalue weighted by Crippen LogP contribution is -2.44. The lowest BCUT2D eigenvalue weighted by atomic mass is 10.1. The van der Waals surface area contributed by atoms with E-state index in [1.807, 2.05) is 6.26 Å². The molecule has 2 atom stereocenters. The first-order valence-electron chi connectivity index (χ1n) is 7.38. The number of amides is 1. The molecule has 4 nitrogen and oxygen atoms in total. The van der Waals surface area contributed by atoms with Crippen LogP contribution in [0.25, 0.3) is 0 Å². The van der Waals surface area contributed by atoms with E-state index in [2.05, 4.69) is 17.1 Å². The Morgan fingerprint density at radius 3 is 2.68 bits per heavy atom. The van der Waals surface area contributed by atoms with E-state index in [4.69, 9.17) is 5.73 Å².